The zero-order chi connectivity index (χ0) is 28.0. The van der Waals surface area contributed by atoms with Crippen molar-refractivity contribution < 1.29 is 23.9 Å². The Labute approximate surface area is 234 Å². The molecule has 0 saturated carbocycles. The number of para-hydroxylation sites is 1. The van der Waals surface area contributed by atoms with Gasteiger partial charge in [0.2, 0.25) is 0 Å². The Bertz CT molecular complexity index is 1290. The van der Waals surface area contributed by atoms with Gasteiger partial charge in [0.25, 0.3) is 0 Å². The second-order valence-corrected chi connectivity index (χ2v) is 11.3. The van der Waals surface area contributed by atoms with Gasteiger partial charge >= 0.3 is 6.09 Å². The molecule has 39 heavy (non-hydrogen) atoms. The van der Waals surface area contributed by atoms with Crippen LogP contribution in [0.5, 0.6) is 11.5 Å². The van der Waals surface area contributed by atoms with Crippen molar-refractivity contribution in [2.45, 2.75) is 44.1 Å². The van der Waals surface area contributed by atoms with E-state index in [1.165, 1.54) is 6.92 Å². The molecule has 3 aromatic rings. The number of carbonyl (C=O) groups is 3. The van der Waals surface area contributed by atoms with E-state index in [4.69, 9.17) is 9.47 Å². The number of amides is 1. The van der Waals surface area contributed by atoms with Gasteiger partial charge in [-0.15, -0.1) is 11.8 Å². The average molecular weight is 546 g/mol. The van der Waals surface area contributed by atoms with Crippen LogP contribution in [0.2, 0.25) is 0 Å². The number of rotatable bonds is 10. The van der Waals surface area contributed by atoms with Crippen molar-refractivity contribution in [3.05, 3.63) is 90.0 Å². The van der Waals surface area contributed by atoms with Crippen LogP contribution in [0.4, 0.5) is 4.79 Å². The molecule has 3 aromatic carbocycles. The van der Waals surface area contributed by atoms with Gasteiger partial charge < -0.3 is 14.4 Å². The first-order valence-electron chi connectivity index (χ1n) is 13.2. The Kier molecular flexibility index (Phi) is 9.12. The summed E-state index contributed by atoms with van der Waals surface area (Å²) in [6, 6.07) is 24.4. The minimum Gasteiger partial charge on any atom is -0.480 e. The minimum atomic E-state index is -0.884. The summed E-state index contributed by atoms with van der Waals surface area (Å²) in [5.74, 6) is 0.814. The molecule has 0 bridgehead atoms. The summed E-state index contributed by atoms with van der Waals surface area (Å²) in [6.07, 6.45) is 3.06. The first-order chi connectivity index (χ1) is 18.7. The molecule has 1 aliphatic rings. The summed E-state index contributed by atoms with van der Waals surface area (Å²) in [5.41, 5.74) is 0.879. The molecular weight excluding hydrogens is 510 g/mol. The second-order valence-electron chi connectivity index (χ2n) is 10.4. The number of hydrogen-bond donors (Lipinski definition) is 0. The number of ketones is 2. The van der Waals surface area contributed by atoms with Crippen LogP contribution >= 0.6 is 11.8 Å². The topological polar surface area (TPSA) is 72.9 Å². The predicted octanol–water partition coefficient (Wildman–Crippen LogP) is 6.72. The van der Waals surface area contributed by atoms with Crippen LogP contribution in [0.3, 0.4) is 0 Å². The van der Waals surface area contributed by atoms with Crippen LogP contribution in [0.15, 0.2) is 83.8 Å². The van der Waals surface area contributed by atoms with Crippen molar-refractivity contribution >= 4 is 29.4 Å². The molecule has 0 radical (unpaired) electrons. The van der Waals surface area contributed by atoms with Gasteiger partial charge in [0.05, 0.1) is 0 Å². The number of benzene rings is 3. The highest BCUT2D eigenvalue weighted by molar-refractivity contribution is 7.98. The molecule has 7 heteroatoms. The first-order valence-corrected chi connectivity index (χ1v) is 14.4. The van der Waals surface area contributed by atoms with Crippen molar-refractivity contribution in [1.82, 2.24) is 4.90 Å². The normalized spacial score (nSPS) is 17.1. The number of thioether (sulfide) groups is 1. The maximum Gasteiger partial charge on any atom is 0.415 e. The quantitative estimate of drug-likeness (QED) is 0.208. The van der Waals surface area contributed by atoms with Crippen molar-refractivity contribution in [1.29, 1.82) is 0 Å². The molecule has 0 aromatic heterocycles. The predicted molar refractivity (Wildman–Crippen MR) is 154 cm³/mol. The third-order valence-corrected chi connectivity index (χ3v) is 8.05. The smallest absolute Gasteiger partial charge is 0.415 e. The van der Waals surface area contributed by atoms with Gasteiger partial charge in [-0.25, -0.2) is 4.79 Å². The van der Waals surface area contributed by atoms with Crippen LogP contribution in [0, 0.1) is 11.8 Å². The van der Waals surface area contributed by atoms with E-state index in [2.05, 4.69) is 0 Å². The lowest BCUT2D eigenvalue weighted by atomic mass is 9.85. The number of hydrogen-bond acceptors (Lipinski definition) is 6. The van der Waals surface area contributed by atoms with Gasteiger partial charge in [-0.05, 0) is 87.7 Å². The maximum atomic E-state index is 13.6. The number of Topliss-reactive ketones (excluding diaryl/α,β-unsaturated/α-hetero) is 2. The van der Waals surface area contributed by atoms with Crippen LogP contribution in [-0.4, -0.2) is 47.5 Å². The van der Waals surface area contributed by atoms with E-state index < -0.39 is 11.7 Å². The van der Waals surface area contributed by atoms with Crippen LogP contribution < -0.4 is 9.47 Å². The van der Waals surface area contributed by atoms with Crippen LogP contribution in [0.1, 0.15) is 43.1 Å². The van der Waals surface area contributed by atoms with E-state index in [9.17, 15) is 14.4 Å². The fraction of sp³-hybridized carbons (Fsp3) is 0.344. The molecule has 0 unspecified atom stereocenters. The molecule has 6 nitrogen and oxygen atoms in total. The van der Waals surface area contributed by atoms with E-state index in [1.807, 2.05) is 73.0 Å². The number of likely N-dealkylation sites (tertiary alicyclic amines) is 1. The van der Waals surface area contributed by atoms with E-state index in [-0.39, 0.29) is 23.4 Å². The first kappa shape index (κ1) is 28.4. The molecule has 1 saturated heterocycles. The van der Waals surface area contributed by atoms with E-state index in [0.29, 0.717) is 30.2 Å². The lowest BCUT2D eigenvalue weighted by Crippen LogP contribution is -2.36. The Morgan fingerprint density at radius 1 is 0.897 bits per heavy atom. The van der Waals surface area contributed by atoms with Crippen LogP contribution in [0.25, 0.3) is 0 Å². The van der Waals surface area contributed by atoms with Crippen LogP contribution in [-0.2, 0) is 11.2 Å². The van der Waals surface area contributed by atoms with Gasteiger partial charge in [0, 0.05) is 29.5 Å². The van der Waals surface area contributed by atoms with Gasteiger partial charge in [-0.2, -0.15) is 0 Å². The van der Waals surface area contributed by atoms with Gasteiger partial charge in [-0.1, -0.05) is 42.5 Å². The molecular formula is C32H35NO5S. The van der Waals surface area contributed by atoms with E-state index >= 15 is 0 Å². The maximum absolute atomic E-state index is 13.6. The molecule has 0 spiro atoms. The molecule has 1 heterocycles. The Balaban J connectivity index is 1.46. The zero-order valence-electron chi connectivity index (χ0n) is 22.9. The summed E-state index contributed by atoms with van der Waals surface area (Å²) in [5, 5.41) is 0. The Hall–Kier alpha value is -3.58. The van der Waals surface area contributed by atoms with Gasteiger partial charge in [0.15, 0.2) is 17.2 Å². The number of carbonyl (C=O) groups excluding carboxylic acids is 3. The molecule has 0 aliphatic carbocycles. The highest BCUT2D eigenvalue weighted by atomic mass is 32.2. The zero-order valence-corrected chi connectivity index (χ0v) is 23.7. The highest BCUT2D eigenvalue weighted by Gasteiger charge is 2.40. The summed E-state index contributed by atoms with van der Waals surface area (Å²) in [4.78, 5) is 41.1. The average Bonchev–Trinajstić information content (AvgIpc) is 3.37. The fourth-order valence-corrected chi connectivity index (χ4v) is 5.08. The third kappa shape index (κ3) is 7.30. The van der Waals surface area contributed by atoms with E-state index in [0.717, 1.165) is 23.3 Å². The molecule has 1 amide bonds. The summed E-state index contributed by atoms with van der Waals surface area (Å²) >= 11 is 1.63. The fourth-order valence-electron chi connectivity index (χ4n) is 4.68. The minimum absolute atomic E-state index is 0.00590. The third-order valence-electron chi connectivity index (χ3n) is 7.31. The standard InChI is InChI=1S/C32H35NO5S/c1-22(34)32(2,3)38-27-16-11-23(12-17-27)10-13-25-20-33(31(36)37-26-8-6-5-7-9-26)21-29(25)30(35)24-14-18-28(39-4)19-15-24/h5-9,11-12,14-19,25,29H,10,13,20-21H2,1-4H3/t25-,29-/m0/s1. The monoisotopic (exact) mass is 545 g/mol. The van der Waals surface area contributed by atoms with Gasteiger partial charge in [-0.3, -0.25) is 9.59 Å². The number of nitrogens with zero attached hydrogens (tertiary/aromatic N) is 1. The second kappa shape index (κ2) is 12.5. The number of ether oxygens (including phenoxy) is 2. The molecule has 0 N–H and O–H groups in total. The molecule has 1 aliphatic heterocycles. The van der Waals surface area contributed by atoms with Gasteiger partial charge in [0.1, 0.15) is 11.5 Å². The van der Waals surface area contributed by atoms with E-state index in [1.54, 1.807) is 42.6 Å². The van der Waals surface area contributed by atoms with Crippen molar-refractivity contribution in [2.75, 3.05) is 19.3 Å². The molecule has 4 rings (SSSR count). The molecule has 1 fully saturated rings. The Morgan fingerprint density at radius 2 is 1.56 bits per heavy atom. The van der Waals surface area contributed by atoms with Crippen molar-refractivity contribution in [3.8, 4) is 11.5 Å². The number of aryl methyl sites for hydroxylation is 1. The highest BCUT2D eigenvalue weighted by Crippen LogP contribution is 2.32. The SMILES string of the molecule is CSc1ccc(C(=O)[C@H]2CN(C(=O)Oc3ccccc3)C[C@@H]2CCc2ccc(OC(C)(C)C(C)=O)cc2)cc1. The Morgan fingerprint density at radius 3 is 2.18 bits per heavy atom. The van der Waals surface area contributed by atoms with Crippen molar-refractivity contribution in [2.24, 2.45) is 11.8 Å². The van der Waals surface area contributed by atoms with Crippen molar-refractivity contribution in [3.63, 3.8) is 0 Å². The lowest BCUT2D eigenvalue weighted by Gasteiger charge is -2.23. The molecule has 204 valence electrons. The summed E-state index contributed by atoms with van der Waals surface area (Å²) < 4.78 is 11.4. The summed E-state index contributed by atoms with van der Waals surface area (Å²) in [7, 11) is 0. The molecule has 2 atom stereocenters. The lowest BCUT2D eigenvalue weighted by molar-refractivity contribution is -0.129. The summed E-state index contributed by atoms with van der Waals surface area (Å²) in [6.45, 7) is 5.81. The largest absolute Gasteiger partial charge is 0.480 e.